The zero-order valence-corrected chi connectivity index (χ0v) is 15.0. The first kappa shape index (κ1) is 18.8. The minimum absolute atomic E-state index is 0.158. The van der Waals surface area contributed by atoms with Crippen LogP contribution in [0.25, 0.3) is 0 Å². The molecule has 2 N–H and O–H groups in total. The van der Waals surface area contributed by atoms with Crippen LogP contribution in [-0.4, -0.2) is 36.2 Å². The maximum absolute atomic E-state index is 12.3. The second-order valence-corrected chi connectivity index (χ2v) is 7.66. The molecule has 1 unspecified atom stereocenters. The van der Waals surface area contributed by atoms with Gasteiger partial charge in [0.05, 0.1) is 6.54 Å². The molecule has 1 aliphatic heterocycles. The average molecular weight is 357 g/mol. The van der Waals surface area contributed by atoms with Gasteiger partial charge in [-0.1, -0.05) is 12.1 Å². The molecule has 1 heterocycles. The Kier molecular flexibility index (Phi) is 7.15. The summed E-state index contributed by atoms with van der Waals surface area (Å²) in [6.45, 7) is 3.50. The van der Waals surface area contributed by atoms with Crippen LogP contribution in [-0.2, 0) is 6.54 Å². The number of guanidine groups is 1. The number of rotatable bonds is 7. The van der Waals surface area contributed by atoms with E-state index in [0.29, 0.717) is 6.54 Å². The fraction of sp³-hybridized carbons (Fsp3) is 0.588. The second kappa shape index (κ2) is 9.11. The minimum Gasteiger partial charge on any atom is -0.435 e. The van der Waals surface area contributed by atoms with Gasteiger partial charge in [-0.2, -0.15) is 20.5 Å². The van der Waals surface area contributed by atoms with Gasteiger partial charge in [-0.3, -0.25) is 0 Å². The summed E-state index contributed by atoms with van der Waals surface area (Å²) in [6.07, 6.45) is 2.46. The lowest BCUT2D eigenvalue weighted by Gasteiger charge is -2.24. The molecule has 134 valence electrons. The molecule has 1 atom stereocenters. The molecule has 1 aliphatic rings. The van der Waals surface area contributed by atoms with Crippen LogP contribution in [0.5, 0.6) is 5.75 Å². The molecule has 1 aromatic carbocycles. The molecular formula is C17H25F2N3OS. The van der Waals surface area contributed by atoms with E-state index in [-0.39, 0.29) is 10.5 Å². The predicted octanol–water partition coefficient (Wildman–Crippen LogP) is 3.63. The molecule has 1 saturated heterocycles. The van der Waals surface area contributed by atoms with Crippen molar-refractivity contribution in [1.82, 2.24) is 10.6 Å². The van der Waals surface area contributed by atoms with Crippen molar-refractivity contribution in [2.75, 3.05) is 18.8 Å². The van der Waals surface area contributed by atoms with E-state index >= 15 is 0 Å². The van der Waals surface area contributed by atoms with Gasteiger partial charge in [-0.05, 0) is 50.1 Å². The van der Waals surface area contributed by atoms with Gasteiger partial charge < -0.3 is 15.4 Å². The van der Waals surface area contributed by atoms with E-state index in [4.69, 9.17) is 0 Å². The molecular weight excluding hydrogens is 332 g/mol. The Labute approximate surface area is 146 Å². The number of ether oxygens (including phenoxy) is 1. The van der Waals surface area contributed by atoms with E-state index in [1.807, 2.05) is 24.8 Å². The molecule has 0 aliphatic carbocycles. The van der Waals surface area contributed by atoms with Crippen molar-refractivity contribution in [3.8, 4) is 5.75 Å². The van der Waals surface area contributed by atoms with Crippen LogP contribution >= 0.6 is 11.8 Å². The van der Waals surface area contributed by atoms with E-state index in [1.54, 1.807) is 12.1 Å². The van der Waals surface area contributed by atoms with Crippen molar-refractivity contribution < 1.29 is 13.5 Å². The zero-order chi connectivity index (χ0) is 17.4. The molecule has 0 radical (unpaired) electrons. The number of nitrogens with zero attached hydrogens (tertiary/aromatic N) is 1. The highest BCUT2D eigenvalue weighted by Crippen LogP contribution is 2.36. The maximum atomic E-state index is 12.3. The molecule has 0 aromatic heterocycles. The van der Waals surface area contributed by atoms with Crippen molar-refractivity contribution in [2.45, 2.75) is 44.6 Å². The van der Waals surface area contributed by atoms with Crippen molar-refractivity contribution in [1.29, 1.82) is 0 Å². The summed E-state index contributed by atoms with van der Waals surface area (Å²) in [7, 11) is 0. The molecule has 1 aromatic rings. The summed E-state index contributed by atoms with van der Waals surface area (Å²) in [6, 6.07) is 6.65. The number of alkyl halides is 2. The van der Waals surface area contributed by atoms with Crippen molar-refractivity contribution in [2.24, 2.45) is 4.99 Å². The van der Waals surface area contributed by atoms with Gasteiger partial charge in [0.25, 0.3) is 0 Å². The van der Waals surface area contributed by atoms with Gasteiger partial charge in [0.2, 0.25) is 0 Å². The number of aliphatic imine (C=N–C) groups is 1. The third-order valence-corrected chi connectivity index (χ3v) is 5.36. The number of hydrogen-bond acceptors (Lipinski definition) is 3. The van der Waals surface area contributed by atoms with Gasteiger partial charge in [0.15, 0.2) is 5.96 Å². The van der Waals surface area contributed by atoms with E-state index in [2.05, 4.69) is 27.3 Å². The zero-order valence-electron chi connectivity index (χ0n) is 14.1. The third-order valence-electron chi connectivity index (χ3n) is 3.82. The van der Waals surface area contributed by atoms with Crippen LogP contribution in [0.1, 0.15) is 32.3 Å². The number of nitrogens with one attached hydrogen (secondary N) is 2. The topological polar surface area (TPSA) is 45.7 Å². The first-order chi connectivity index (χ1) is 11.5. The lowest BCUT2D eigenvalue weighted by atomic mass is 10.1. The number of halogens is 2. The second-order valence-electron chi connectivity index (χ2n) is 5.98. The molecule has 1 fully saturated rings. The number of thioether (sulfide) groups is 1. The van der Waals surface area contributed by atoms with Gasteiger partial charge in [0, 0.05) is 17.8 Å². The van der Waals surface area contributed by atoms with E-state index < -0.39 is 6.61 Å². The molecule has 7 heteroatoms. The monoisotopic (exact) mass is 357 g/mol. The Hall–Kier alpha value is -1.50. The molecule has 0 spiro atoms. The van der Waals surface area contributed by atoms with Crippen LogP contribution in [0.4, 0.5) is 8.78 Å². The van der Waals surface area contributed by atoms with Crippen LogP contribution < -0.4 is 15.4 Å². The van der Waals surface area contributed by atoms with Gasteiger partial charge in [0.1, 0.15) is 5.75 Å². The summed E-state index contributed by atoms with van der Waals surface area (Å²) >= 11 is 1.99. The minimum atomic E-state index is -2.81. The SMILES string of the molecule is CCNC(=NCc1cccc(OC(F)F)c1)NCC1(C)CCCS1. The van der Waals surface area contributed by atoms with Gasteiger partial charge >= 0.3 is 6.61 Å². The first-order valence-corrected chi connectivity index (χ1v) is 9.19. The molecule has 24 heavy (non-hydrogen) atoms. The van der Waals surface area contributed by atoms with Crippen LogP contribution in [0.3, 0.4) is 0 Å². The molecule has 4 nitrogen and oxygen atoms in total. The fourth-order valence-electron chi connectivity index (χ4n) is 2.58. The highest BCUT2D eigenvalue weighted by Gasteiger charge is 2.29. The molecule has 2 rings (SSSR count). The summed E-state index contributed by atoms with van der Waals surface area (Å²) in [4.78, 5) is 4.54. The number of hydrogen-bond donors (Lipinski definition) is 2. The summed E-state index contributed by atoms with van der Waals surface area (Å²) in [5.74, 6) is 2.11. The molecule has 0 bridgehead atoms. The summed E-state index contributed by atoms with van der Waals surface area (Å²) in [5, 5.41) is 6.61. The van der Waals surface area contributed by atoms with Gasteiger partial charge in [-0.25, -0.2) is 4.99 Å². The average Bonchev–Trinajstić information content (AvgIpc) is 2.97. The standard InChI is InChI=1S/C17H25F2N3OS/c1-3-20-16(22-12-17(2)8-5-9-24-17)21-11-13-6-4-7-14(10-13)23-15(18)19/h4,6-7,10,15H,3,5,8-9,11-12H2,1-2H3,(H2,20,21,22). The Bertz CT molecular complexity index is 548. The highest BCUT2D eigenvalue weighted by atomic mass is 32.2. The van der Waals surface area contributed by atoms with E-state index in [0.717, 1.165) is 24.6 Å². The molecule has 0 saturated carbocycles. The largest absolute Gasteiger partial charge is 0.435 e. The lowest BCUT2D eigenvalue weighted by Crippen LogP contribution is -2.43. The van der Waals surface area contributed by atoms with E-state index in [1.165, 1.54) is 24.7 Å². The van der Waals surface area contributed by atoms with Crippen LogP contribution in [0.15, 0.2) is 29.3 Å². The van der Waals surface area contributed by atoms with Gasteiger partial charge in [-0.15, -0.1) is 0 Å². The van der Waals surface area contributed by atoms with Crippen molar-refractivity contribution >= 4 is 17.7 Å². The summed E-state index contributed by atoms with van der Waals surface area (Å²) < 4.78 is 29.2. The van der Waals surface area contributed by atoms with Crippen LogP contribution in [0.2, 0.25) is 0 Å². The summed E-state index contributed by atoms with van der Waals surface area (Å²) in [5.41, 5.74) is 0.826. The smallest absolute Gasteiger partial charge is 0.387 e. The number of benzene rings is 1. The Morgan fingerprint density at radius 1 is 1.42 bits per heavy atom. The lowest BCUT2D eigenvalue weighted by molar-refractivity contribution is -0.0498. The maximum Gasteiger partial charge on any atom is 0.387 e. The van der Waals surface area contributed by atoms with Crippen LogP contribution in [0, 0.1) is 0 Å². The Morgan fingerprint density at radius 3 is 2.92 bits per heavy atom. The quantitative estimate of drug-likeness (QED) is 0.578. The Balaban J connectivity index is 1.94. The fourth-order valence-corrected chi connectivity index (χ4v) is 3.82. The molecule has 0 amide bonds. The Morgan fingerprint density at radius 2 is 2.25 bits per heavy atom. The highest BCUT2D eigenvalue weighted by molar-refractivity contribution is 8.00. The first-order valence-electron chi connectivity index (χ1n) is 8.21. The normalized spacial score (nSPS) is 21.1. The van der Waals surface area contributed by atoms with Crippen molar-refractivity contribution in [3.63, 3.8) is 0 Å². The predicted molar refractivity (Wildman–Crippen MR) is 96.0 cm³/mol. The van der Waals surface area contributed by atoms with E-state index in [9.17, 15) is 8.78 Å². The van der Waals surface area contributed by atoms with Crippen molar-refractivity contribution in [3.05, 3.63) is 29.8 Å². The third kappa shape index (κ3) is 6.19.